The smallest absolute Gasteiger partial charge is 0.141 e. The first-order valence-corrected chi connectivity index (χ1v) is 8.83. The van der Waals surface area contributed by atoms with E-state index >= 15 is 0 Å². The molecule has 2 nitrogen and oxygen atoms in total. The summed E-state index contributed by atoms with van der Waals surface area (Å²) >= 11 is 5.94. The van der Waals surface area contributed by atoms with Crippen molar-refractivity contribution in [1.82, 2.24) is 5.32 Å². The van der Waals surface area contributed by atoms with Crippen LogP contribution in [0.15, 0.2) is 30.3 Å². The summed E-state index contributed by atoms with van der Waals surface area (Å²) in [5.74, 6) is -0.265. The highest BCUT2D eigenvalue weighted by Gasteiger charge is 2.21. The van der Waals surface area contributed by atoms with Crippen LogP contribution in [-0.4, -0.2) is 10.6 Å². The van der Waals surface area contributed by atoms with Crippen LogP contribution < -0.4 is 5.32 Å². The van der Waals surface area contributed by atoms with Crippen LogP contribution in [0.4, 0.5) is 4.39 Å². The largest absolute Gasteiger partial charge is 0.507 e. The van der Waals surface area contributed by atoms with Gasteiger partial charge in [0.25, 0.3) is 0 Å². The molecule has 26 heavy (non-hydrogen) atoms. The molecule has 0 aliphatic carbocycles. The first kappa shape index (κ1) is 22.8. The van der Waals surface area contributed by atoms with Gasteiger partial charge < -0.3 is 10.4 Å². The zero-order chi connectivity index (χ0) is 19.0. The minimum absolute atomic E-state index is 0. The second-order valence-corrected chi connectivity index (χ2v) is 8.92. The van der Waals surface area contributed by atoms with Gasteiger partial charge in [0.05, 0.1) is 5.02 Å². The van der Waals surface area contributed by atoms with Gasteiger partial charge in [-0.1, -0.05) is 44.5 Å². The molecule has 0 saturated heterocycles. The van der Waals surface area contributed by atoms with Crippen molar-refractivity contribution < 1.29 is 9.50 Å². The zero-order valence-electron chi connectivity index (χ0n) is 16.2. The van der Waals surface area contributed by atoms with Crippen molar-refractivity contribution in [3.8, 4) is 16.9 Å². The molecule has 5 heteroatoms. The topological polar surface area (TPSA) is 32.3 Å². The van der Waals surface area contributed by atoms with Gasteiger partial charge in [0.2, 0.25) is 0 Å². The highest BCUT2D eigenvalue weighted by molar-refractivity contribution is 6.31. The molecular weight excluding hydrogens is 372 g/mol. The summed E-state index contributed by atoms with van der Waals surface area (Å²) < 4.78 is 13.5. The summed E-state index contributed by atoms with van der Waals surface area (Å²) in [5, 5.41) is 14.3. The molecule has 2 N–H and O–H groups in total. The van der Waals surface area contributed by atoms with Gasteiger partial charge in [0.1, 0.15) is 11.6 Å². The third-order valence-corrected chi connectivity index (χ3v) is 4.38. The van der Waals surface area contributed by atoms with Crippen molar-refractivity contribution >= 4 is 24.0 Å². The monoisotopic (exact) mass is 399 g/mol. The summed E-state index contributed by atoms with van der Waals surface area (Å²) in [6.45, 7) is 13.2. The van der Waals surface area contributed by atoms with E-state index in [0.29, 0.717) is 17.7 Å². The number of aromatic hydroxyl groups is 1. The van der Waals surface area contributed by atoms with Crippen molar-refractivity contribution in [3.05, 3.63) is 52.3 Å². The van der Waals surface area contributed by atoms with Gasteiger partial charge in [-0.2, -0.15) is 0 Å². The number of halogens is 3. The Morgan fingerprint density at radius 1 is 1.04 bits per heavy atom. The van der Waals surface area contributed by atoms with E-state index in [4.69, 9.17) is 11.6 Å². The van der Waals surface area contributed by atoms with Crippen molar-refractivity contribution in [3.63, 3.8) is 0 Å². The molecule has 2 aromatic rings. The molecule has 0 aliphatic heterocycles. The maximum Gasteiger partial charge on any atom is 0.141 e. The molecule has 0 fully saturated rings. The average molecular weight is 400 g/mol. The van der Waals surface area contributed by atoms with E-state index in [0.717, 1.165) is 11.1 Å². The maximum absolute atomic E-state index is 13.5. The van der Waals surface area contributed by atoms with Gasteiger partial charge in [0.15, 0.2) is 0 Å². The van der Waals surface area contributed by atoms with E-state index in [2.05, 4.69) is 46.9 Å². The lowest BCUT2D eigenvalue weighted by Gasteiger charge is -2.25. The molecule has 0 spiro atoms. The van der Waals surface area contributed by atoms with E-state index < -0.39 is 5.82 Å². The molecule has 0 unspecified atom stereocenters. The minimum atomic E-state index is -0.466. The van der Waals surface area contributed by atoms with Crippen LogP contribution in [0.3, 0.4) is 0 Å². The number of rotatable bonds is 3. The number of nitrogens with one attached hydrogen (secondary N) is 1. The highest BCUT2D eigenvalue weighted by Crippen LogP contribution is 2.38. The molecule has 0 amide bonds. The molecule has 0 saturated carbocycles. The van der Waals surface area contributed by atoms with E-state index in [1.165, 1.54) is 6.07 Å². The average Bonchev–Trinajstić information content (AvgIpc) is 2.47. The predicted octanol–water partition coefficient (Wildman–Crippen LogP) is 6.46. The standard InChI is InChI=1S/C21H27ClFNO.ClH/c1-20(2,3)15-9-14(12-24-21(4,5)6)19(25)16(11-15)13-7-8-18(23)17(22)10-13;/h7-11,24-25H,12H2,1-6H3;1H. The van der Waals surface area contributed by atoms with Crippen LogP contribution >= 0.6 is 24.0 Å². The Morgan fingerprint density at radius 2 is 1.65 bits per heavy atom. The quantitative estimate of drug-likeness (QED) is 0.620. The first-order chi connectivity index (χ1) is 11.4. The van der Waals surface area contributed by atoms with Gasteiger partial charge in [-0.3, -0.25) is 0 Å². The first-order valence-electron chi connectivity index (χ1n) is 8.45. The van der Waals surface area contributed by atoms with Crippen molar-refractivity contribution in [2.45, 2.75) is 59.0 Å². The summed E-state index contributed by atoms with van der Waals surface area (Å²) in [5.41, 5.74) is 3.14. The Morgan fingerprint density at radius 3 is 2.15 bits per heavy atom. The van der Waals surface area contributed by atoms with Crippen LogP contribution in [0.1, 0.15) is 52.7 Å². The fraction of sp³-hybridized carbons (Fsp3) is 0.429. The maximum atomic E-state index is 13.5. The highest BCUT2D eigenvalue weighted by atomic mass is 35.5. The fourth-order valence-electron chi connectivity index (χ4n) is 2.51. The Balaban J connectivity index is 0.00000338. The Labute approximate surface area is 167 Å². The van der Waals surface area contributed by atoms with Crippen LogP contribution in [-0.2, 0) is 12.0 Å². The van der Waals surface area contributed by atoms with Gasteiger partial charge in [-0.15, -0.1) is 12.4 Å². The number of benzene rings is 2. The number of hydrogen-bond acceptors (Lipinski definition) is 2. The Hall–Kier alpha value is -1.29. The minimum Gasteiger partial charge on any atom is -0.507 e. The molecule has 2 aromatic carbocycles. The lowest BCUT2D eigenvalue weighted by atomic mass is 9.83. The Bertz CT molecular complexity index is 777. The predicted molar refractivity (Wildman–Crippen MR) is 111 cm³/mol. The van der Waals surface area contributed by atoms with E-state index in [-0.39, 0.29) is 34.1 Å². The van der Waals surface area contributed by atoms with Crippen molar-refractivity contribution in [2.24, 2.45) is 0 Å². The summed E-state index contributed by atoms with van der Waals surface area (Å²) in [7, 11) is 0. The lowest BCUT2D eigenvalue weighted by Crippen LogP contribution is -2.35. The van der Waals surface area contributed by atoms with Crippen LogP contribution in [0.5, 0.6) is 5.75 Å². The van der Waals surface area contributed by atoms with Gasteiger partial charge >= 0.3 is 0 Å². The van der Waals surface area contributed by atoms with Gasteiger partial charge in [0, 0.05) is 23.2 Å². The molecule has 0 aromatic heterocycles. The van der Waals surface area contributed by atoms with Crippen LogP contribution in [0, 0.1) is 5.82 Å². The molecular formula is C21H28Cl2FNO. The van der Waals surface area contributed by atoms with Gasteiger partial charge in [-0.25, -0.2) is 4.39 Å². The Kier molecular flexibility index (Phi) is 7.14. The second-order valence-electron chi connectivity index (χ2n) is 8.51. The lowest BCUT2D eigenvalue weighted by molar-refractivity contribution is 0.411. The molecule has 0 heterocycles. The van der Waals surface area contributed by atoms with E-state index in [1.807, 2.05) is 12.1 Å². The number of phenols is 1. The summed E-state index contributed by atoms with van der Waals surface area (Å²) in [4.78, 5) is 0. The third kappa shape index (κ3) is 5.60. The molecule has 2 rings (SSSR count). The van der Waals surface area contributed by atoms with Crippen LogP contribution in [0.2, 0.25) is 5.02 Å². The van der Waals surface area contributed by atoms with Crippen molar-refractivity contribution in [2.75, 3.05) is 0 Å². The van der Waals surface area contributed by atoms with E-state index in [9.17, 15) is 9.50 Å². The van der Waals surface area contributed by atoms with Crippen molar-refractivity contribution in [1.29, 1.82) is 0 Å². The fourth-order valence-corrected chi connectivity index (χ4v) is 2.69. The second kappa shape index (κ2) is 8.16. The molecule has 0 bridgehead atoms. The number of hydrogen-bond donors (Lipinski definition) is 2. The number of phenolic OH excluding ortho intramolecular Hbond substituents is 1. The molecule has 144 valence electrons. The third-order valence-electron chi connectivity index (χ3n) is 4.09. The summed E-state index contributed by atoms with van der Waals surface area (Å²) in [6, 6.07) is 8.51. The molecule has 0 atom stereocenters. The summed E-state index contributed by atoms with van der Waals surface area (Å²) in [6.07, 6.45) is 0. The molecule has 0 aliphatic rings. The van der Waals surface area contributed by atoms with E-state index in [1.54, 1.807) is 12.1 Å². The molecule has 0 radical (unpaired) electrons. The van der Waals surface area contributed by atoms with Crippen LogP contribution in [0.25, 0.3) is 11.1 Å². The zero-order valence-corrected chi connectivity index (χ0v) is 17.8. The van der Waals surface area contributed by atoms with Gasteiger partial charge in [-0.05, 0) is 55.5 Å². The SMILES string of the molecule is CC(C)(C)NCc1cc(C(C)(C)C)cc(-c2ccc(F)c(Cl)c2)c1O.Cl. The normalized spacial score (nSPS) is 12.0.